The van der Waals surface area contributed by atoms with Crippen molar-refractivity contribution >= 4 is 11.3 Å². The second-order valence-electron chi connectivity index (χ2n) is 5.84. The summed E-state index contributed by atoms with van der Waals surface area (Å²) in [6, 6.07) is 4.53. The summed E-state index contributed by atoms with van der Waals surface area (Å²) in [4.78, 5) is 7.86. The molecule has 1 fully saturated rings. The number of likely N-dealkylation sites (tertiary alicyclic amines) is 1. The van der Waals surface area contributed by atoms with Gasteiger partial charge in [0, 0.05) is 29.4 Å². The fourth-order valence-electron chi connectivity index (χ4n) is 2.79. The highest BCUT2D eigenvalue weighted by Crippen LogP contribution is 2.20. The average Bonchev–Trinajstić information content (AvgIpc) is 2.80. The van der Waals surface area contributed by atoms with Crippen LogP contribution in [0.25, 0.3) is 0 Å². The highest BCUT2D eigenvalue weighted by molar-refractivity contribution is 7.11. The minimum absolute atomic E-state index is 0.887. The minimum atomic E-state index is 0.887. The van der Waals surface area contributed by atoms with Gasteiger partial charge in [0.15, 0.2) is 0 Å². The number of nitrogens with one attached hydrogen (secondary N) is 1. The molecule has 0 aromatic carbocycles. The summed E-state index contributed by atoms with van der Waals surface area (Å²) in [5.41, 5.74) is 0. The van der Waals surface area contributed by atoms with Gasteiger partial charge in [0.1, 0.15) is 0 Å². The van der Waals surface area contributed by atoms with Gasteiger partial charge >= 0.3 is 0 Å². The van der Waals surface area contributed by atoms with Gasteiger partial charge in [-0.1, -0.05) is 0 Å². The molecular formula is C15H27N3S. The first-order valence-corrected chi connectivity index (χ1v) is 8.08. The van der Waals surface area contributed by atoms with E-state index in [4.69, 9.17) is 0 Å². The lowest BCUT2D eigenvalue weighted by Crippen LogP contribution is -2.35. The van der Waals surface area contributed by atoms with Crippen LogP contribution in [0.2, 0.25) is 0 Å². The molecule has 1 aromatic heterocycles. The lowest BCUT2D eigenvalue weighted by molar-refractivity contribution is 0.174. The van der Waals surface area contributed by atoms with E-state index in [2.05, 4.69) is 41.3 Å². The summed E-state index contributed by atoms with van der Waals surface area (Å²) >= 11 is 1.94. The van der Waals surface area contributed by atoms with Gasteiger partial charge in [0.25, 0.3) is 0 Å². The fraction of sp³-hybridized carbons (Fsp3) is 0.733. The normalized spacial score (nSPS) is 18.3. The smallest absolute Gasteiger partial charge is 0.0325 e. The fourth-order valence-corrected chi connectivity index (χ4v) is 3.90. The molecule has 0 aliphatic carbocycles. The van der Waals surface area contributed by atoms with Crippen molar-refractivity contribution in [1.29, 1.82) is 0 Å². The van der Waals surface area contributed by atoms with Crippen LogP contribution in [0, 0.1) is 5.92 Å². The van der Waals surface area contributed by atoms with Crippen LogP contribution in [0.1, 0.15) is 22.6 Å². The minimum Gasteiger partial charge on any atom is -0.315 e. The van der Waals surface area contributed by atoms with Gasteiger partial charge in [-0.3, -0.25) is 0 Å². The molecule has 0 radical (unpaired) electrons. The van der Waals surface area contributed by atoms with Crippen molar-refractivity contribution in [1.82, 2.24) is 15.1 Å². The Balaban J connectivity index is 1.75. The lowest BCUT2D eigenvalue weighted by Gasteiger charge is -2.31. The van der Waals surface area contributed by atoms with Gasteiger partial charge in [0.05, 0.1) is 0 Å². The maximum absolute atomic E-state index is 3.21. The number of hydrogen-bond donors (Lipinski definition) is 1. The highest BCUT2D eigenvalue weighted by Gasteiger charge is 2.18. The molecule has 3 nitrogen and oxygen atoms in total. The molecule has 0 atom stereocenters. The number of piperidine rings is 1. The van der Waals surface area contributed by atoms with Crippen molar-refractivity contribution in [3.05, 3.63) is 21.9 Å². The Morgan fingerprint density at radius 3 is 2.68 bits per heavy atom. The van der Waals surface area contributed by atoms with E-state index in [1.54, 1.807) is 0 Å². The van der Waals surface area contributed by atoms with Crippen LogP contribution in [0.3, 0.4) is 0 Å². The van der Waals surface area contributed by atoms with Crippen molar-refractivity contribution in [3.8, 4) is 0 Å². The first-order chi connectivity index (χ1) is 9.17. The van der Waals surface area contributed by atoms with Gasteiger partial charge in [-0.2, -0.15) is 0 Å². The molecule has 0 saturated carbocycles. The topological polar surface area (TPSA) is 18.5 Å². The maximum Gasteiger partial charge on any atom is 0.0325 e. The number of thiophene rings is 1. The lowest BCUT2D eigenvalue weighted by atomic mass is 9.97. The first-order valence-electron chi connectivity index (χ1n) is 7.26. The summed E-state index contributed by atoms with van der Waals surface area (Å²) in [7, 11) is 6.50. The van der Waals surface area contributed by atoms with Crippen LogP contribution >= 0.6 is 11.3 Å². The molecule has 1 aromatic rings. The van der Waals surface area contributed by atoms with Crippen molar-refractivity contribution in [2.24, 2.45) is 5.92 Å². The highest BCUT2D eigenvalue weighted by atomic mass is 32.1. The summed E-state index contributed by atoms with van der Waals surface area (Å²) in [6.07, 6.45) is 2.71. The Morgan fingerprint density at radius 2 is 2.00 bits per heavy atom. The quantitative estimate of drug-likeness (QED) is 0.863. The van der Waals surface area contributed by atoms with Crippen LogP contribution in [0.5, 0.6) is 0 Å². The van der Waals surface area contributed by atoms with E-state index < -0.39 is 0 Å². The van der Waals surface area contributed by atoms with Gasteiger partial charge in [0.2, 0.25) is 0 Å². The monoisotopic (exact) mass is 281 g/mol. The predicted molar refractivity (Wildman–Crippen MR) is 83.6 cm³/mol. The van der Waals surface area contributed by atoms with E-state index in [0.29, 0.717) is 0 Å². The largest absolute Gasteiger partial charge is 0.315 e. The predicted octanol–water partition coefficient (Wildman–Crippen LogP) is 2.24. The summed E-state index contributed by atoms with van der Waals surface area (Å²) in [5, 5.41) is 3.21. The zero-order valence-corrected chi connectivity index (χ0v) is 13.3. The van der Waals surface area contributed by atoms with Crippen LogP contribution in [-0.4, -0.2) is 50.6 Å². The van der Waals surface area contributed by atoms with Crippen LogP contribution < -0.4 is 5.32 Å². The molecule has 1 aliphatic rings. The van der Waals surface area contributed by atoms with Gasteiger partial charge < -0.3 is 15.1 Å². The third kappa shape index (κ3) is 4.88. The van der Waals surface area contributed by atoms with Crippen LogP contribution in [0.15, 0.2) is 12.1 Å². The number of hydrogen-bond acceptors (Lipinski definition) is 4. The van der Waals surface area contributed by atoms with E-state index in [1.807, 2.05) is 18.4 Å². The van der Waals surface area contributed by atoms with E-state index in [1.165, 1.54) is 42.2 Å². The third-order valence-corrected chi connectivity index (χ3v) is 4.97. The second-order valence-corrected chi connectivity index (χ2v) is 7.09. The van der Waals surface area contributed by atoms with Crippen molar-refractivity contribution in [2.75, 3.05) is 40.8 Å². The molecule has 1 N–H and O–H groups in total. The molecule has 1 saturated heterocycles. The van der Waals surface area contributed by atoms with Gasteiger partial charge in [-0.15, -0.1) is 11.3 Å². The Bertz CT molecular complexity index is 369. The van der Waals surface area contributed by atoms with Crippen LogP contribution in [0.4, 0.5) is 0 Å². The van der Waals surface area contributed by atoms with Crippen molar-refractivity contribution in [3.63, 3.8) is 0 Å². The molecule has 0 unspecified atom stereocenters. The average molecular weight is 281 g/mol. The molecule has 0 bridgehead atoms. The second kappa shape index (κ2) is 7.39. The first kappa shape index (κ1) is 15.0. The number of nitrogens with zero attached hydrogens (tertiary/aromatic N) is 2. The zero-order valence-electron chi connectivity index (χ0n) is 12.5. The summed E-state index contributed by atoms with van der Waals surface area (Å²) in [5.74, 6) is 0.887. The summed E-state index contributed by atoms with van der Waals surface area (Å²) in [6.45, 7) is 5.87. The summed E-state index contributed by atoms with van der Waals surface area (Å²) < 4.78 is 0. The molecule has 0 spiro atoms. The molecule has 1 aliphatic heterocycles. The molecule has 0 amide bonds. The molecule has 108 valence electrons. The van der Waals surface area contributed by atoms with E-state index >= 15 is 0 Å². The Morgan fingerprint density at radius 1 is 1.32 bits per heavy atom. The third-order valence-electron chi connectivity index (χ3n) is 3.90. The standard InChI is InChI=1S/C15H27N3S/c1-16-10-14-4-5-15(19-14)12-18(3)11-13-6-8-17(2)9-7-13/h4-5,13,16H,6-12H2,1-3H3. The van der Waals surface area contributed by atoms with Crippen LogP contribution in [-0.2, 0) is 13.1 Å². The Kier molecular flexibility index (Phi) is 5.82. The Labute approximate surface area is 121 Å². The van der Waals surface area contributed by atoms with Crippen molar-refractivity contribution < 1.29 is 0 Å². The SMILES string of the molecule is CNCc1ccc(CN(C)CC2CCN(C)CC2)s1. The van der Waals surface area contributed by atoms with E-state index in [-0.39, 0.29) is 0 Å². The van der Waals surface area contributed by atoms with E-state index in [0.717, 1.165) is 19.0 Å². The zero-order chi connectivity index (χ0) is 13.7. The molecule has 2 rings (SSSR count). The molecular weight excluding hydrogens is 254 g/mol. The van der Waals surface area contributed by atoms with Crippen molar-refractivity contribution in [2.45, 2.75) is 25.9 Å². The molecule has 19 heavy (non-hydrogen) atoms. The van der Waals surface area contributed by atoms with Gasteiger partial charge in [-0.05, 0) is 65.1 Å². The molecule has 4 heteroatoms. The van der Waals surface area contributed by atoms with E-state index in [9.17, 15) is 0 Å². The van der Waals surface area contributed by atoms with Gasteiger partial charge in [-0.25, -0.2) is 0 Å². The number of rotatable bonds is 6. The Hall–Kier alpha value is -0.420. The maximum atomic E-state index is 3.21. The molecule has 2 heterocycles.